The Balaban J connectivity index is 1.78. The average molecular weight is 248 g/mol. The molecular weight excluding hydrogens is 224 g/mol. The molecule has 1 heterocycles. The van der Waals surface area contributed by atoms with Crippen LogP contribution in [0.1, 0.15) is 51.5 Å². The predicted molar refractivity (Wildman–Crippen MR) is 74.2 cm³/mol. The fourth-order valence-electron chi connectivity index (χ4n) is 2.37. The minimum atomic E-state index is 0.397. The molecule has 2 atom stereocenters. The minimum Gasteiger partial charge on any atom is -0.493 e. The maximum absolute atomic E-state index is 5.81. The van der Waals surface area contributed by atoms with E-state index in [0.717, 1.165) is 18.8 Å². The third-order valence-corrected chi connectivity index (χ3v) is 3.55. The van der Waals surface area contributed by atoms with Crippen molar-refractivity contribution in [3.05, 3.63) is 29.8 Å². The molecule has 2 unspecified atom stereocenters. The molecule has 2 rings (SSSR count). The van der Waals surface area contributed by atoms with Crippen LogP contribution in [0.15, 0.2) is 24.3 Å². The van der Waals surface area contributed by atoms with E-state index < -0.39 is 0 Å². The van der Waals surface area contributed by atoms with Crippen molar-refractivity contribution in [3.63, 3.8) is 0 Å². The molecule has 18 heavy (non-hydrogen) atoms. The number of ether oxygens (including phenoxy) is 2. The number of benzene rings is 1. The standard InChI is InChI=1S/C16H24O2/c1-12(2)14-5-4-6-16(11-14)17-10-9-15-8-7-13(3)18-15/h4-6,11-13,15H,7-10H2,1-3H3. The quantitative estimate of drug-likeness (QED) is 0.779. The summed E-state index contributed by atoms with van der Waals surface area (Å²) in [6.07, 6.45) is 4.19. The minimum absolute atomic E-state index is 0.397. The van der Waals surface area contributed by atoms with Gasteiger partial charge in [0.25, 0.3) is 0 Å². The van der Waals surface area contributed by atoms with E-state index in [-0.39, 0.29) is 0 Å². The largest absolute Gasteiger partial charge is 0.493 e. The third kappa shape index (κ3) is 3.74. The second kappa shape index (κ2) is 6.24. The normalized spacial score (nSPS) is 23.6. The van der Waals surface area contributed by atoms with E-state index in [9.17, 15) is 0 Å². The second-order valence-electron chi connectivity index (χ2n) is 5.51. The first-order chi connectivity index (χ1) is 8.65. The van der Waals surface area contributed by atoms with E-state index in [0.29, 0.717) is 18.1 Å². The third-order valence-electron chi connectivity index (χ3n) is 3.55. The van der Waals surface area contributed by atoms with Gasteiger partial charge in [-0.3, -0.25) is 0 Å². The van der Waals surface area contributed by atoms with Gasteiger partial charge >= 0.3 is 0 Å². The van der Waals surface area contributed by atoms with Crippen molar-refractivity contribution in [2.24, 2.45) is 0 Å². The smallest absolute Gasteiger partial charge is 0.119 e. The van der Waals surface area contributed by atoms with Crippen LogP contribution in [0.3, 0.4) is 0 Å². The highest BCUT2D eigenvalue weighted by Gasteiger charge is 2.21. The Bertz CT molecular complexity index is 373. The molecule has 0 bridgehead atoms. The Kier molecular flexibility index (Phi) is 4.65. The predicted octanol–water partition coefficient (Wildman–Crippen LogP) is 4.15. The molecule has 0 radical (unpaired) electrons. The summed E-state index contributed by atoms with van der Waals surface area (Å²) in [6.45, 7) is 7.30. The highest BCUT2D eigenvalue weighted by Crippen LogP contribution is 2.23. The van der Waals surface area contributed by atoms with E-state index in [1.165, 1.54) is 18.4 Å². The SMILES string of the molecule is CC1CCC(CCOc2cccc(C(C)C)c2)O1. The number of hydrogen-bond donors (Lipinski definition) is 0. The fraction of sp³-hybridized carbons (Fsp3) is 0.625. The summed E-state index contributed by atoms with van der Waals surface area (Å²) < 4.78 is 11.6. The molecule has 0 aliphatic carbocycles. The van der Waals surface area contributed by atoms with E-state index in [4.69, 9.17) is 9.47 Å². The average Bonchev–Trinajstić information content (AvgIpc) is 2.75. The van der Waals surface area contributed by atoms with Gasteiger partial charge in [0.05, 0.1) is 18.8 Å². The summed E-state index contributed by atoms with van der Waals surface area (Å²) in [4.78, 5) is 0. The van der Waals surface area contributed by atoms with E-state index in [1.54, 1.807) is 0 Å². The van der Waals surface area contributed by atoms with Crippen LogP contribution >= 0.6 is 0 Å². The van der Waals surface area contributed by atoms with Crippen molar-refractivity contribution in [1.29, 1.82) is 0 Å². The van der Waals surface area contributed by atoms with Crippen LogP contribution in [-0.2, 0) is 4.74 Å². The monoisotopic (exact) mass is 248 g/mol. The summed E-state index contributed by atoms with van der Waals surface area (Å²) in [6, 6.07) is 8.39. The Labute approximate surface area is 110 Å². The lowest BCUT2D eigenvalue weighted by atomic mass is 10.0. The van der Waals surface area contributed by atoms with Crippen molar-refractivity contribution in [3.8, 4) is 5.75 Å². The topological polar surface area (TPSA) is 18.5 Å². The fourth-order valence-corrected chi connectivity index (χ4v) is 2.37. The highest BCUT2D eigenvalue weighted by molar-refractivity contribution is 5.30. The van der Waals surface area contributed by atoms with Gasteiger partial charge in [0.15, 0.2) is 0 Å². The zero-order chi connectivity index (χ0) is 13.0. The Morgan fingerprint density at radius 1 is 1.33 bits per heavy atom. The molecule has 1 aliphatic heterocycles. The molecule has 1 aliphatic rings. The Morgan fingerprint density at radius 3 is 2.83 bits per heavy atom. The summed E-state index contributed by atoms with van der Waals surface area (Å²) in [5.74, 6) is 1.53. The van der Waals surface area contributed by atoms with Crippen LogP contribution in [0.25, 0.3) is 0 Å². The van der Waals surface area contributed by atoms with Gasteiger partial charge in [-0.2, -0.15) is 0 Å². The lowest BCUT2D eigenvalue weighted by Crippen LogP contribution is -2.12. The molecule has 0 N–H and O–H groups in total. The van der Waals surface area contributed by atoms with Gasteiger partial charge < -0.3 is 9.47 Å². The summed E-state index contributed by atoms with van der Waals surface area (Å²) in [7, 11) is 0. The zero-order valence-corrected chi connectivity index (χ0v) is 11.7. The molecular formula is C16H24O2. The lowest BCUT2D eigenvalue weighted by Gasteiger charge is -2.13. The van der Waals surface area contributed by atoms with Gasteiger partial charge in [-0.15, -0.1) is 0 Å². The highest BCUT2D eigenvalue weighted by atomic mass is 16.5. The van der Waals surface area contributed by atoms with Gasteiger partial charge in [-0.25, -0.2) is 0 Å². The van der Waals surface area contributed by atoms with Crippen LogP contribution in [0.2, 0.25) is 0 Å². The first-order valence-electron chi connectivity index (χ1n) is 7.03. The second-order valence-corrected chi connectivity index (χ2v) is 5.51. The van der Waals surface area contributed by atoms with Gasteiger partial charge in [-0.1, -0.05) is 26.0 Å². The molecule has 1 fully saturated rings. The molecule has 100 valence electrons. The maximum Gasteiger partial charge on any atom is 0.119 e. The van der Waals surface area contributed by atoms with E-state index >= 15 is 0 Å². The van der Waals surface area contributed by atoms with Crippen molar-refractivity contribution >= 4 is 0 Å². The molecule has 0 spiro atoms. The van der Waals surface area contributed by atoms with Gasteiger partial charge in [0.1, 0.15) is 5.75 Å². The van der Waals surface area contributed by atoms with Crippen LogP contribution in [-0.4, -0.2) is 18.8 Å². The molecule has 2 nitrogen and oxygen atoms in total. The summed E-state index contributed by atoms with van der Waals surface area (Å²) in [5, 5.41) is 0. The van der Waals surface area contributed by atoms with Gasteiger partial charge in [-0.05, 0) is 43.4 Å². The molecule has 1 aromatic carbocycles. The van der Waals surface area contributed by atoms with Crippen LogP contribution in [0, 0.1) is 0 Å². The zero-order valence-electron chi connectivity index (χ0n) is 11.7. The lowest BCUT2D eigenvalue weighted by molar-refractivity contribution is 0.0427. The van der Waals surface area contributed by atoms with E-state index in [2.05, 4.69) is 39.0 Å². The molecule has 0 saturated carbocycles. The van der Waals surface area contributed by atoms with Gasteiger partial charge in [0, 0.05) is 6.42 Å². The molecule has 0 amide bonds. The van der Waals surface area contributed by atoms with Crippen LogP contribution < -0.4 is 4.74 Å². The Morgan fingerprint density at radius 2 is 2.17 bits per heavy atom. The first-order valence-corrected chi connectivity index (χ1v) is 7.03. The first kappa shape index (κ1) is 13.4. The molecule has 1 saturated heterocycles. The number of rotatable bonds is 5. The summed E-state index contributed by atoms with van der Waals surface area (Å²) >= 11 is 0. The number of hydrogen-bond acceptors (Lipinski definition) is 2. The van der Waals surface area contributed by atoms with Crippen molar-refractivity contribution in [2.75, 3.05) is 6.61 Å². The summed E-state index contributed by atoms with van der Waals surface area (Å²) in [5.41, 5.74) is 1.33. The van der Waals surface area contributed by atoms with Gasteiger partial charge in [0.2, 0.25) is 0 Å². The molecule has 1 aromatic rings. The maximum atomic E-state index is 5.81. The van der Waals surface area contributed by atoms with Crippen LogP contribution in [0.5, 0.6) is 5.75 Å². The molecule has 2 heteroatoms. The van der Waals surface area contributed by atoms with E-state index in [1.807, 2.05) is 6.07 Å². The van der Waals surface area contributed by atoms with Crippen molar-refractivity contribution in [2.45, 2.75) is 58.2 Å². The van der Waals surface area contributed by atoms with Crippen LogP contribution in [0.4, 0.5) is 0 Å². The van der Waals surface area contributed by atoms with Crippen molar-refractivity contribution < 1.29 is 9.47 Å². The Hall–Kier alpha value is -1.02. The van der Waals surface area contributed by atoms with Crippen molar-refractivity contribution in [1.82, 2.24) is 0 Å². The molecule has 0 aromatic heterocycles.